The Morgan fingerprint density at radius 2 is 1.76 bits per heavy atom. The van der Waals surface area contributed by atoms with Gasteiger partial charge in [-0.05, 0) is 60.5 Å². The average molecular weight is 302 g/mol. The van der Waals surface area contributed by atoms with Crippen molar-refractivity contribution in [2.24, 2.45) is 0 Å². The van der Waals surface area contributed by atoms with Crippen LogP contribution in [0.15, 0.2) is 48.5 Å². The largest absolute Gasteiger partial charge is 0.332 e. The van der Waals surface area contributed by atoms with Crippen molar-refractivity contribution in [1.82, 2.24) is 0 Å². The van der Waals surface area contributed by atoms with Crippen molar-refractivity contribution in [2.75, 3.05) is 10.6 Å². The molecular weight excluding hydrogens is 283 g/mol. The van der Waals surface area contributed by atoms with E-state index in [-0.39, 0.29) is 5.82 Å². The van der Waals surface area contributed by atoms with Gasteiger partial charge in [0, 0.05) is 11.4 Å². The van der Waals surface area contributed by atoms with Crippen LogP contribution in [-0.4, -0.2) is 5.11 Å². The van der Waals surface area contributed by atoms with Crippen LogP contribution in [0.2, 0.25) is 0 Å². The summed E-state index contributed by atoms with van der Waals surface area (Å²) >= 11 is 5.32. The summed E-state index contributed by atoms with van der Waals surface area (Å²) in [5.41, 5.74) is 3.00. The Bertz CT molecular complexity index is 610. The zero-order valence-electron chi connectivity index (χ0n) is 12.2. The Hall–Kier alpha value is -1.94. The maximum atomic E-state index is 12.9. The molecule has 110 valence electrons. The number of rotatable bonds is 4. The highest BCUT2D eigenvalue weighted by Crippen LogP contribution is 2.26. The molecule has 0 heterocycles. The quantitative estimate of drug-likeness (QED) is 0.764. The van der Waals surface area contributed by atoms with Gasteiger partial charge in [-0.15, -0.1) is 0 Å². The number of para-hydroxylation sites is 1. The molecule has 2 N–H and O–H groups in total. The van der Waals surface area contributed by atoms with E-state index in [4.69, 9.17) is 12.2 Å². The fourth-order valence-corrected chi connectivity index (χ4v) is 2.31. The molecule has 1 atom stereocenters. The van der Waals surface area contributed by atoms with Crippen LogP contribution >= 0.6 is 12.2 Å². The third-order valence-corrected chi connectivity index (χ3v) is 3.66. The number of nitrogens with one attached hydrogen (secondary N) is 2. The predicted octanol–water partition coefficient (Wildman–Crippen LogP) is 5.15. The minimum atomic E-state index is -0.262. The summed E-state index contributed by atoms with van der Waals surface area (Å²) in [6.07, 6.45) is 1.07. The van der Waals surface area contributed by atoms with E-state index < -0.39 is 0 Å². The predicted molar refractivity (Wildman–Crippen MR) is 91.4 cm³/mol. The van der Waals surface area contributed by atoms with E-state index in [1.807, 2.05) is 18.2 Å². The van der Waals surface area contributed by atoms with E-state index in [1.54, 1.807) is 12.1 Å². The summed E-state index contributed by atoms with van der Waals surface area (Å²) in [6, 6.07) is 14.2. The topological polar surface area (TPSA) is 24.1 Å². The maximum Gasteiger partial charge on any atom is 0.175 e. The van der Waals surface area contributed by atoms with Gasteiger partial charge in [-0.3, -0.25) is 0 Å². The van der Waals surface area contributed by atoms with Crippen LogP contribution < -0.4 is 10.6 Å². The van der Waals surface area contributed by atoms with Crippen molar-refractivity contribution in [2.45, 2.75) is 26.2 Å². The molecule has 2 rings (SSSR count). The van der Waals surface area contributed by atoms with Gasteiger partial charge in [0.15, 0.2) is 5.11 Å². The third kappa shape index (κ3) is 4.26. The van der Waals surface area contributed by atoms with E-state index in [0.717, 1.165) is 17.8 Å². The normalized spacial score (nSPS) is 11.8. The van der Waals surface area contributed by atoms with Crippen molar-refractivity contribution in [3.63, 3.8) is 0 Å². The van der Waals surface area contributed by atoms with Crippen molar-refractivity contribution in [1.29, 1.82) is 0 Å². The number of benzene rings is 2. The zero-order chi connectivity index (χ0) is 15.2. The Kier molecular flexibility index (Phi) is 5.28. The molecule has 21 heavy (non-hydrogen) atoms. The van der Waals surface area contributed by atoms with Gasteiger partial charge >= 0.3 is 0 Å². The monoisotopic (exact) mass is 302 g/mol. The van der Waals surface area contributed by atoms with Crippen LogP contribution in [0, 0.1) is 5.82 Å². The first kappa shape index (κ1) is 15.4. The summed E-state index contributed by atoms with van der Waals surface area (Å²) in [5.74, 6) is 0.198. The summed E-state index contributed by atoms with van der Waals surface area (Å²) in [4.78, 5) is 0. The lowest BCUT2D eigenvalue weighted by Gasteiger charge is -2.17. The fraction of sp³-hybridized carbons (Fsp3) is 0.235. The van der Waals surface area contributed by atoms with Gasteiger partial charge in [0.2, 0.25) is 0 Å². The maximum absolute atomic E-state index is 12.9. The van der Waals surface area contributed by atoms with Crippen LogP contribution in [0.5, 0.6) is 0 Å². The highest BCUT2D eigenvalue weighted by atomic mass is 32.1. The van der Waals surface area contributed by atoms with Crippen molar-refractivity contribution in [3.05, 3.63) is 59.9 Å². The van der Waals surface area contributed by atoms with Crippen molar-refractivity contribution >= 4 is 28.7 Å². The lowest BCUT2D eigenvalue weighted by atomic mass is 9.97. The summed E-state index contributed by atoms with van der Waals surface area (Å²) in [6.45, 7) is 4.35. The fourth-order valence-electron chi connectivity index (χ4n) is 2.08. The van der Waals surface area contributed by atoms with Gasteiger partial charge in [-0.1, -0.05) is 32.0 Å². The molecule has 0 saturated carbocycles. The van der Waals surface area contributed by atoms with E-state index in [0.29, 0.717) is 11.0 Å². The number of halogens is 1. The zero-order valence-corrected chi connectivity index (χ0v) is 13.0. The minimum absolute atomic E-state index is 0.262. The molecule has 2 aromatic rings. The van der Waals surface area contributed by atoms with E-state index >= 15 is 0 Å². The summed E-state index contributed by atoms with van der Waals surface area (Å²) < 4.78 is 12.9. The molecule has 2 nitrogen and oxygen atoms in total. The minimum Gasteiger partial charge on any atom is -0.332 e. The molecule has 0 radical (unpaired) electrons. The van der Waals surface area contributed by atoms with Crippen LogP contribution in [0.4, 0.5) is 15.8 Å². The Labute approximate surface area is 130 Å². The van der Waals surface area contributed by atoms with Gasteiger partial charge in [0.05, 0.1) is 0 Å². The molecule has 2 aromatic carbocycles. The first-order chi connectivity index (χ1) is 10.1. The molecule has 0 aliphatic heterocycles. The van der Waals surface area contributed by atoms with Crippen molar-refractivity contribution in [3.8, 4) is 0 Å². The lowest BCUT2D eigenvalue weighted by molar-refractivity contribution is 0.628. The van der Waals surface area contributed by atoms with Gasteiger partial charge in [0.25, 0.3) is 0 Å². The Morgan fingerprint density at radius 3 is 2.43 bits per heavy atom. The van der Waals surface area contributed by atoms with Gasteiger partial charge in [0.1, 0.15) is 5.82 Å². The molecule has 0 bridgehead atoms. The van der Waals surface area contributed by atoms with E-state index in [2.05, 4.69) is 30.5 Å². The standard InChI is InChI=1S/C17H19FN2S/c1-3-12(2)15-6-4-5-7-16(15)20-17(21)19-14-10-8-13(18)9-11-14/h4-12H,3H2,1-2H3,(H2,19,20,21)/t12-/m1/s1. The summed E-state index contributed by atoms with van der Waals surface area (Å²) in [7, 11) is 0. The van der Waals surface area contributed by atoms with Crippen LogP contribution in [0.1, 0.15) is 31.7 Å². The van der Waals surface area contributed by atoms with E-state index in [9.17, 15) is 4.39 Å². The first-order valence-electron chi connectivity index (χ1n) is 7.02. The second kappa shape index (κ2) is 7.18. The van der Waals surface area contributed by atoms with Gasteiger partial charge < -0.3 is 10.6 Å². The lowest BCUT2D eigenvalue weighted by Crippen LogP contribution is -2.20. The van der Waals surface area contributed by atoms with Crippen LogP contribution in [0.25, 0.3) is 0 Å². The van der Waals surface area contributed by atoms with Gasteiger partial charge in [-0.2, -0.15) is 0 Å². The molecule has 0 fully saturated rings. The Balaban J connectivity index is 2.07. The number of hydrogen-bond acceptors (Lipinski definition) is 1. The summed E-state index contributed by atoms with van der Waals surface area (Å²) in [5, 5.41) is 6.77. The molecule has 4 heteroatoms. The Morgan fingerprint density at radius 1 is 1.10 bits per heavy atom. The molecule has 0 aromatic heterocycles. The number of thiocarbonyl (C=S) groups is 1. The average Bonchev–Trinajstić information content (AvgIpc) is 2.49. The molecule has 0 spiro atoms. The molecule has 0 unspecified atom stereocenters. The smallest absolute Gasteiger partial charge is 0.175 e. The van der Waals surface area contributed by atoms with E-state index in [1.165, 1.54) is 17.7 Å². The molecule has 0 saturated heterocycles. The molecular formula is C17H19FN2S. The highest BCUT2D eigenvalue weighted by Gasteiger charge is 2.09. The second-order valence-electron chi connectivity index (χ2n) is 4.98. The third-order valence-electron chi connectivity index (χ3n) is 3.45. The van der Waals surface area contributed by atoms with Crippen molar-refractivity contribution < 1.29 is 4.39 Å². The van der Waals surface area contributed by atoms with Crippen LogP contribution in [-0.2, 0) is 0 Å². The highest BCUT2D eigenvalue weighted by molar-refractivity contribution is 7.80. The number of hydrogen-bond donors (Lipinski definition) is 2. The molecule has 0 amide bonds. The van der Waals surface area contributed by atoms with Crippen LogP contribution in [0.3, 0.4) is 0 Å². The SMILES string of the molecule is CC[C@@H](C)c1ccccc1NC(=S)Nc1ccc(F)cc1. The molecule has 0 aliphatic carbocycles. The second-order valence-corrected chi connectivity index (χ2v) is 5.39. The number of anilines is 2. The first-order valence-corrected chi connectivity index (χ1v) is 7.43. The van der Waals surface area contributed by atoms with Gasteiger partial charge in [-0.25, -0.2) is 4.39 Å². The molecule has 0 aliphatic rings.